The molecule has 0 N–H and O–H groups in total. The highest BCUT2D eigenvalue weighted by molar-refractivity contribution is 9.09. The maximum atomic E-state index is 10.6. The third-order valence-electron chi connectivity index (χ3n) is 1.01. The zero-order chi connectivity index (χ0) is 8.53. The van der Waals surface area contributed by atoms with E-state index in [4.69, 9.17) is 4.74 Å². The molecule has 0 radical (unpaired) electrons. The molecule has 0 heterocycles. The predicted molar refractivity (Wildman–Crippen MR) is 46.0 cm³/mol. The summed E-state index contributed by atoms with van der Waals surface area (Å²) in [6.45, 7) is 2.57. The molecular formula is C7H13BrO3. The molecule has 0 fully saturated rings. The maximum absolute atomic E-state index is 10.6. The van der Waals surface area contributed by atoms with E-state index in [0.717, 1.165) is 18.2 Å². The topological polar surface area (TPSA) is 35.5 Å². The molecule has 4 heteroatoms. The average molecular weight is 225 g/mol. The molecule has 0 aromatic heterocycles. The van der Waals surface area contributed by atoms with Gasteiger partial charge in [0.1, 0.15) is 0 Å². The van der Waals surface area contributed by atoms with Gasteiger partial charge in [-0.2, -0.15) is 0 Å². The van der Waals surface area contributed by atoms with E-state index in [2.05, 4.69) is 20.7 Å². The predicted octanol–water partition coefficient (Wildman–Crippen LogP) is 2.33. The molecule has 0 aliphatic rings. The highest BCUT2D eigenvalue weighted by atomic mass is 79.9. The highest BCUT2D eigenvalue weighted by Crippen LogP contribution is 1.95. The zero-order valence-corrected chi connectivity index (χ0v) is 8.22. The number of halogens is 1. The quantitative estimate of drug-likeness (QED) is 0.409. The number of carbonyl (C=O) groups excluding carboxylic acids is 1. The Labute approximate surface area is 75.2 Å². The van der Waals surface area contributed by atoms with Crippen LogP contribution in [0.4, 0.5) is 4.79 Å². The lowest BCUT2D eigenvalue weighted by molar-refractivity contribution is 0.0583. The Morgan fingerprint density at radius 1 is 1.36 bits per heavy atom. The molecule has 0 unspecified atom stereocenters. The van der Waals surface area contributed by atoms with Crippen LogP contribution in [0.3, 0.4) is 0 Å². The number of ether oxygens (including phenoxy) is 2. The van der Waals surface area contributed by atoms with Gasteiger partial charge in [-0.05, 0) is 19.8 Å². The van der Waals surface area contributed by atoms with E-state index >= 15 is 0 Å². The Bertz CT molecular complexity index is 106. The number of hydrogen-bond donors (Lipinski definition) is 0. The summed E-state index contributed by atoms with van der Waals surface area (Å²) in [5.74, 6) is 0. The first-order chi connectivity index (χ1) is 5.31. The van der Waals surface area contributed by atoms with Gasteiger partial charge in [-0.1, -0.05) is 15.9 Å². The smallest absolute Gasteiger partial charge is 0.435 e. The second-order valence-electron chi connectivity index (χ2n) is 1.93. The Morgan fingerprint density at radius 2 is 2.09 bits per heavy atom. The lowest BCUT2D eigenvalue weighted by Gasteiger charge is -2.02. The van der Waals surface area contributed by atoms with Gasteiger partial charge in [0.2, 0.25) is 0 Å². The molecule has 0 aromatic rings. The van der Waals surface area contributed by atoms with Gasteiger partial charge in [0.05, 0.1) is 13.2 Å². The van der Waals surface area contributed by atoms with Crippen molar-refractivity contribution in [2.24, 2.45) is 0 Å². The second-order valence-corrected chi connectivity index (χ2v) is 2.72. The summed E-state index contributed by atoms with van der Waals surface area (Å²) in [6, 6.07) is 0. The fourth-order valence-electron chi connectivity index (χ4n) is 0.512. The van der Waals surface area contributed by atoms with E-state index in [1.165, 1.54) is 0 Å². The largest absolute Gasteiger partial charge is 0.508 e. The Balaban J connectivity index is 3.04. The summed E-state index contributed by atoms with van der Waals surface area (Å²) < 4.78 is 9.25. The average Bonchev–Trinajstić information content (AvgIpc) is 1.99. The summed E-state index contributed by atoms with van der Waals surface area (Å²) in [5, 5.41) is 0.944. The Hall–Kier alpha value is -0.250. The van der Waals surface area contributed by atoms with Crippen LogP contribution in [0.5, 0.6) is 0 Å². The highest BCUT2D eigenvalue weighted by Gasteiger charge is 1.99. The number of alkyl halides is 1. The molecule has 0 saturated carbocycles. The number of unbranched alkanes of at least 4 members (excludes halogenated alkanes) is 1. The van der Waals surface area contributed by atoms with Crippen LogP contribution in [0, 0.1) is 0 Å². The summed E-state index contributed by atoms with van der Waals surface area (Å²) in [4.78, 5) is 10.6. The van der Waals surface area contributed by atoms with Crippen LogP contribution in [0.1, 0.15) is 19.8 Å². The van der Waals surface area contributed by atoms with Crippen LogP contribution in [0.15, 0.2) is 0 Å². The van der Waals surface area contributed by atoms with E-state index in [1.54, 1.807) is 6.92 Å². The fraction of sp³-hybridized carbons (Fsp3) is 0.857. The molecule has 0 aromatic carbocycles. The van der Waals surface area contributed by atoms with Crippen molar-refractivity contribution in [2.75, 3.05) is 18.5 Å². The minimum Gasteiger partial charge on any atom is -0.435 e. The minimum absolute atomic E-state index is 0.372. The second kappa shape index (κ2) is 7.85. The van der Waals surface area contributed by atoms with E-state index < -0.39 is 6.16 Å². The summed E-state index contributed by atoms with van der Waals surface area (Å²) >= 11 is 3.28. The Kier molecular flexibility index (Phi) is 7.67. The van der Waals surface area contributed by atoms with Crippen molar-refractivity contribution in [1.29, 1.82) is 0 Å². The van der Waals surface area contributed by atoms with E-state index in [9.17, 15) is 4.79 Å². The Morgan fingerprint density at radius 3 is 2.64 bits per heavy atom. The molecule has 0 spiro atoms. The summed E-state index contributed by atoms with van der Waals surface area (Å²) in [5.41, 5.74) is 0. The first kappa shape index (κ1) is 10.8. The van der Waals surface area contributed by atoms with Crippen LogP contribution in [0.2, 0.25) is 0 Å². The first-order valence-electron chi connectivity index (χ1n) is 3.66. The van der Waals surface area contributed by atoms with Crippen LogP contribution in [-0.2, 0) is 9.47 Å². The summed E-state index contributed by atoms with van der Waals surface area (Å²) in [7, 11) is 0. The van der Waals surface area contributed by atoms with Crippen molar-refractivity contribution in [1.82, 2.24) is 0 Å². The minimum atomic E-state index is -0.568. The monoisotopic (exact) mass is 224 g/mol. The third-order valence-corrected chi connectivity index (χ3v) is 1.57. The molecule has 0 rings (SSSR count). The van der Waals surface area contributed by atoms with Crippen molar-refractivity contribution in [3.8, 4) is 0 Å². The normalized spacial score (nSPS) is 9.27. The molecule has 0 aliphatic heterocycles. The van der Waals surface area contributed by atoms with Gasteiger partial charge in [0.25, 0.3) is 0 Å². The zero-order valence-electron chi connectivity index (χ0n) is 6.64. The summed E-state index contributed by atoms with van der Waals surface area (Å²) in [6.07, 6.45) is 1.32. The van der Waals surface area contributed by atoms with E-state index in [1.807, 2.05) is 0 Å². The molecule has 0 bridgehead atoms. The van der Waals surface area contributed by atoms with Crippen LogP contribution in [-0.4, -0.2) is 24.7 Å². The molecule has 3 nitrogen and oxygen atoms in total. The number of hydrogen-bond acceptors (Lipinski definition) is 3. The molecular weight excluding hydrogens is 212 g/mol. The van der Waals surface area contributed by atoms with Gasteiger partial charge in [-0.25, -0.2) is 4.79 Å². The van der Waals surface area contributed by atoms with Crippen LogP contribution < -0.4 is 0 Å². The molecule has 0 aliphatic carbocycles. The molecule has 0 saturated heterocycles. The van der Waals surface area contributed by atoms with Crippen LogP contribution in [0.25, 0.3) is 0 Å². The van der Waals surface area contributed by atoms with Gasteiger partial charge < -0.3 is 9.47 Å². The van der Waals surface area contributed by atoms with Gasteiger partial charge in [-0.3, -0.25) is 0 Å². The fourth-order valence-corrected chi connectivity index (χ4v) is 0.908. The molecule has 66 valence electrons. The van der Waals surface area contributed by atoms with Crippen molar-refractivity contribution in [2.45, 2.75) is 19.8 Å². The van der Waals surface area contributed by atoms with Crippen molar-refractivity contribution in [3.63, 3.8) is 0 Å². The first-order valence-corrected chi connectivity index (χ1v) is 4.79. The number of rotatable bonds is 5. The van der Waals surface area contributed by atoms with E-state index in [0.29, 0.717) is 13.2 Å². The SMILES string of the molecule is CCOC(=O)OCCCCBr. The van der Waals surface area contributed by atoms with Gasteiger partial charge >= 0.3 is 6.16 Å². The molecule has 11 heavy (non-hydrogen) atoms. The molecule has 0 amide bonds. The van der Waals surface area contributed by atoms with Crippen molar-refractivity contribution < 1.29 is 14.3 Å². The van der Waals surface area contributed by atoms with Gasteiger partial charge in [0, 0.05) is 5.33 Å². The number of carbonyl (C=O) groups is 1. The van der Waals surface area contributed by atoms with Crippen molar-refractivity contribution in [3.05, 3.63) is 0 Å². The van der Waals surface area contributed by atoms with Crippen molar-refractivity contribution >= 4 is 22.1 Å². The lowest BCUT2D eigenvalue weighted by atomic mass is 10.4. The van der Waals surface area contributed by atoms with Gasteiger partial charge in [0.15, 0.2) is 0 Å². The molecule has 0 atom stereocenters. The lowest BCUT2D eigenvalue weighted by Crippen LogP contribution is -2.07. The maximum Gasteiger partial charge on any atom is 0.508 e. The van der Waals surface area contributed by atoms with E-state index in [-0.39, 0.29) is 0 Å². The standard InChI is InChI=1S/C7H13BrO3/c1-2-10-7(9)11-6-4-3-5-8/h2-6H2,1H3. The third kappa shape index (κ3) is 7.65. The van der Waals surface area contributed by atoms with Gasteiger partial charge in [-0.15, -0.1) is 0 Å². The van der Waals surface area contributed by atoms with Crippen LogP contribution >= 0.6 is 15.9 Å².